The Labute approximate surface area is 142 Å². The molecule has 2 rings (SSSR count). The minimum Gasteiger partial charge on any atom is -0.495 e. The van der Waals surface area contributed by atoms with Crippen LogP contribution in [0, 0.1) is 13.8 Å². The molecule has 1 heterocycles. The zero-order valence-corrected chi connectivity index (χ0v) is 15.1. The molecule has 2 aromatic rings. The van der Waals surface area contributed by atoms with E-state index in [1.807, 2.05) is 13.8 Å². The van der Waals surface area contributed by atoms with E-state index < -0.39 is 15.6 Å². The van der Waals surface area contributed by atoms with Crippen molar-refractivity contribution in [3.63, 3.8) is 0 Å². The summed E-state index contributed by atoms with van der Waals surface area (Å²) in [5.41, 5.74) is 0.506. The van der Waals surface area contributed by atoms with E-state index in [1.165, 1.54) is 13.4 Å². The summed E-state index contributed by atoms with van der Waals surface area (Å²) < 4.78 is 38.0. The third-order valence-corrected chi connectivity index (χ3v) is 5.27. The number of rotatable bonds is 7. The van der Waals surface area contributed by atoms with Crippen LogP contribution in [0.25, 0.3) is 0 Å². The summed E-state index contributed by atoms with van der Waals surface area (Å²) >= 11 is 0. The van der Waals surface area contributed by atoms with E-state index in [0.29, 0.717) is 5.76 Å². The number of ether oxygens (including phenoxy) is 1. The van der Waals surface area contributed by atoms with Crippen LogP contribution in [-0.4, -0.2) is 32.8 Å². The SMILES string of the molecule is COc1cc(C)c(C)cc1S(=O)(=O)NCC(C)(O)Cc1ccco1. The summed E-state index contributed by atoms with van der Waals surface area (Å²) in [7, 11) is -2.39. The van der Waals surface area contributed by atoms with Gasteiger partial charge in [-0.25, -0.2) is 13.1 Å². The number of sulfonamides is 1. The van der Waals surface area contributed by atoms with Gasteiger partial charge in [0.25, 0.3) is 0 Å². The molecular formula is C17H23NO5S. The molecule has 0 bridgehead atoms. The Bertz CT molecular complexity index is 795. The highest BCUT2D eigenvalue weighted by molar-refractivity contribution is 7.89. The second-order valence-corrected chi connectivity index (χ2v) is 7.90. The molecule has 1 aromatic carbocycles. The average Bonchev–Trinajstić information content (AvgIpc) is 3.00. The first-order chi connectivity index (χ1) is 11.1. The summed E-state index contributed by atoms with van der Waals surface area (Å²) in [4.78, 5) is 0.0573. The number of hydrogen-bond acceptors (Lipinski definition) is 5. The lowest BCUT2D eigenvalue weighted by Crippen LogP contribution is -2.42. The van der Waals surface area contributed by atoms with Crippen LogP contribution >= 0.6 is 0 Å². The highest BCUT2D eigenvalue weighted by Gasteiger charge is 2.27. The van der Waals surface area contributed by atoms with Gasteiger partial charge in [-0.3, -0.25) is 0 Å². The van der Waals surface area contributed by atoms with Crippen molar-refractivity contribution in [1.29, 1.82) is 0 Å². The third-order valence-electron chi connectivity index (χ3n) is 3.85. The number of furan rings is 1. The van der Waals surface area contributed by atoms with Crippen molar-refractivity contribution in [1.82, 2.24) is 4.72 Å². The van der Waals surface area contributed by atoms with E-state index in [9.17, 15) is 13.5 Å². The first kappa shape index (κ1) is 18.5. The Morgan fingerprint density at radius 3 is 2.54 bits per heavy atom. The quantitative estimate of drug-likeness (QED) is 0.796. The monoisotopic (exact) mass is 353 g/mol. The average molecular weight is 353 g/mol. The van der Waals surface area contributed by atoms with Crippen LogP contribution in [0.5, 0.6) is 5.75 Å². The van der Waals surface area contributed by atoms with Gasteiger partial charge in [0, 0.05) is 13.0 Å². The lowest BCUT2D eigenvalue weighted by molar-refractivity contribution is 0.0603. The highest BCUT2D eigenvalue weighted by atomic mass is 32.2. The first-order valence-corrected chi connectivity index (χ1v) is 9.02. The molecule has 0 radical (unpaired) electrons. The summed E-state index contributed by atoms with van der Waals surface area (Å²) in [6.07, 6.45) is 1.71. The molecular weight excluding hydrogens is 330 g/mol. The van der Waals surface area contributed by atoms with E-state index >= 15 is 0 Å². The Morgan fingerprint density at radius 1 is 1.29 bits per heavy atom. The van der Waals surface area contributed by atoms with Crippen molar-refractivity contribution in [2.75, 3.05) is 13.7 Å². The summed E-state index contributed by atoms with van der Waals surface area (Å²) in [6.45, 7) is 5.12. The first-order valence-electron chi connectivity index (χ1n) is 7.54. The standard InChI is InChI=1S/C17H23NO5S/c1-12-8-15(22-4)16(9-13(12)2)24(20,21)18-11-17(3,19)10-14-6-5-7-23-14/h5-9,18-19H,10-11H2,1-4H3. The number of nitrogens with one attached hydrogen (secondary N) is 1. The zero-order chi connectivity index (χ0) is 18.0. The van der Waals surface area contributed by atoms with Crippen LogP contribution in [0.4, 0.5) is 0 Å². The predicted molar refractivity (Wildman–Crippen MR) is 90.7 cm³/mol. The largest absolute Gasteiger partial charge is 0.495 e. The molecule has 132 valence electrons. The van der Waals surface area contributed by atoms with E-state index in [1.54, 1.807) is 31.2 Å². The second kappa shape index (κ2) is 6.96. The molecule has 2 N–H and O–H groups in total. The minimum atomic E-state index is -3.82. The number of aliphatic hydroxyl groups is 1. The van der Waals surface area contributed by atoms with E-state index in [0.717, 1.165) is 11.1 Å². The molecule has 7 heteroatoms. The summed E-state index contributed by atoms with van der Waals surface area (Å²) in [6, 6.07) is 6.70. The number of benzene rings is 1. The molecule has 0 amide bonds. The molecule has 1 atom stereocenters. The highest BCUT2D eigenvalue weighted by Crippen LogP contribution is 2.27. The summed E-state index contributed by atoms with van der Waals surface area (Å²) in [5.74, 6) is 0.860. The number of methoxy groups -OCH3 is 1. The molecule has 0 saturated carbocycles. The molecule has 0 aliphatic heterocycles. The van der Waals surface area contributed by atoms with Crippen molar-refractivity contribution < 1.29 is 22.7 Å². The van der Waals surface area contributed by atoms with Crippen molar-refractivity contribution >= 4 is 10.0 Å². The lowest BCUT2D eigenvalue weighted by atomic mass is 10.0. The van der Waals surface area contributed by atoms with Gasteiger partial charge < -0.3 is 14.3 Å². The Balaban J connectivity index is 2.18. The van der Waals surface area contributed by atoms with Crippen molar-refractivity contribution in [3.8, 4) is 5.75 Å². The lowest BCUT2D eigenvalue weighted by Gasteiger charge is -2.23. The van der Waals surface area contributed by atoms with E-state index in [-0.39, 0.29) is 23.6 Å². The van der Waals surface area contributed by atoms with Gasteiger partial charge in [-0.2, -0.15) is 0 Å². The second-order valence-electron chi connectivity index (χ2n) is 6.16. The van der Waals surface area contributed by atoms with E-state index in [2.05, 4.69) is 4.72 Å². The van der Waals surface area contributed by atoms with Crippen LogP contribution < -0.4 is 9.46 Å². The Kier molecular flexibility index (Phi) is 5.37. The van der Waals surface area contributed by atoms with E-state index in [4.69, 9.17) is 9.15 Å². The maximum absolute atomic E-state index is 12.6. The molecule has 0 spiro atoms. The number of hydrogen-bond donors (Lipinski definition) is 2. The van der Waals surface area contributed by atoms with Crippen LogP contribution in [0.2, 0.25) is 0 Å². The molecule has 0 saturated heterocycles. The smallest absolute Gasteiger partial charge is 0.244 e. The van der Waals surface area contributed by atoms with Gasteiger partial charge in [-0.1, -0.05) is 0 Å². The molecule has 0 aliphatic rings. The van der Waals surface area contributed by atoms with Gasteiger partial charge in [-0.15, -0.1) is 0 Å². The van der Waals surface area contributed by atoms with Crippen LogP contribution in [0.1, 0.15) is 23.8 Å². The van der Waals surface area contributed by atoms with Crippen molar-refractivity contribution in [2.24, 2.45) is 0 Å². The fourth-order valence-corrected chi connectivity index (χ4v) is 3.71. The number of aryl methyl sites for hydroxylation is 2. The van der Waals surface area contributed by atoms with Crippen LogP contribution in [-0.2, 0) is 16.4 Å². The molecule has 0 fully saturated rings. The topological polar surface area (TPSA) is 88.8 Å². The Morgan fingerprint density at radius 2 is 1.96 bits per heavy atom. The summed E-state index contributed by atoms with van der Waals surface area (Å²) in [5, 5.41) is 10.4. The third kappa shape index (κ3) is 4.37. The molecule has 1 unspecified atom stereocenters. The van der Waals surface area contributed by atoms with Gasteiger partial charge >= 0.3 is 0 Å². The fourth-order valence-electron chi connectivity index (χ4n) is 2.31. The van der Waals surface area contributed by atoms with Crippen LogP contribution in [0.15, 0.2) is 39.8 Å². The van der Waals surface area contributed by atoms with Gasteiger partial charge in [0.15, 0.2) is 0 Å². The Hall–Kier alpha value is -1.83. The predicted octanol–water partition coefficient (Wildman–Crippen LogP) is 2.18. The maximum atomic E-state index is 12.6. The normalized spacial score (nSPS) is 14.4. The van der Waals surface area contributed by atoms with Gasteiger partial charge in [-0.05, 0) is 56.2 Å². The van der Waals surface area contributed by atoms with Gasteiger partial charge in [0.05, 0.1) is 19.0 Å². The van der Waals surface area contributed by atoms with Crippen molar-refractivity contribution in [2.45, 2.75) is 37.7 Å². The van der Waals surface area contributed by atoms with Gasteiger partial charge in [0.1, 0.15) is 16.4 Å². The maximum Gasteiger partial charge on any atom is 0.244 e. The van der Waals surface area contributed by atoms with Gasteiger partial charge in [0.2, 0.25) is 10.0 Å². The zero-order valence-electron chi connectivity index (χ0n) is 14.3. The van der Waals surface area contributed by atoms with Crippen LogP contribution in [0.3, 0.4) is 0 Å². The van der Waals surface area contributed by atoms with Crippen molar-refractivity contribution in [3.05, 3.63) is 47.4 Å². The molecule has 24 heavy (non-hydrogen) atoms. The fraction of sp³-hybridized carbons (Fsp3) is 0.412. The minimum absolute atomic E-state index is 0.0573. The molecule has 6 nitrogen and oxygen atoms in total. The molecule has 1 aromatic heterocycles. The molecule has 0 aliphatic carbocycles.